The van der Waals surface area contributed by atoms with Crippen LogP contribution in [0.4, 0.5) is 15.3 Å². The molecule has 6 nitrogen and oxygen atoms in total. The molecular formula is C15H22N2O4. The number of nitrogens with zero attached hydrogens (tertiary/aromatic N) is 2. The Morgan fingerprint density at radius 2 is 1.86 bits per heavy atom. The molecule has 0 saturated carbocycles. The fourth-order valence-electron chi connectivity index (χ4n) is 1.92. The van der Waals surface area contributed by atoms with Crippen molar-refractivity contribution < 1.29 is 19.4 Å². The molecule has 0 fully saturated rings. The zero-order valence-electron chi connectivity index (χ0n) is 12.7. The first-order chi connectivity index (χ1) is 10.0. The van der Waals surface area contributed by atoms with Crippen LogP contribution in [0.5, 0.6) is 5.75 Å². The number of rotatable bonds is 6. The summed E-state index contributed by atoms with van der Waals surface area (Å²) < 4.78 is 5.27. The third kappa shape index (κ3) is 4.66. The predicted octanol–water partition coefficient (Wildman–Crippen LogP) is 3.42. The van der Waals surface area contributed by atoms with E-state index in [1.807, 2.05) is 20.8 Å². The Labute approximate surface area is 124 Å². The Morgan fingerprint density at radius 3 is 2.38 bits per heavy atom. The van der Waals surface area contributed by atoms with Gasteiger partial charge in [-0.05, 0) is 32.4 Å². The molecule has 1 aromatic carbocycles. The van der Waals surface area contributed by atoms with Crippen LogP contribution >= 0.6 is 0 Å². The summed E-state index contributed by atoms with van der Waals surface area (Å²) >= 11 is 0. The fourth-order valence-corrected chi connectivity index (χ4v) is 1.92. The van der Waals surface area contributed by atoms with Crippen LogP contribution in [0.2, 0.25) is 0 Å². The normalized spacial score (nSPS) is 10.0. The summed E-state index contributed by atoms with van der Waals surface area (Å²) in [4.78, 5) is 25.9. The van der Waals surface area contributed by atoms with Gasteiger partial charge in [0.2, 0.25) is 0 Å². The summed E-state index contributed by atoms with van der Waals surface area (Å²) in [6.45, 7) is 7.16. The lowest BCUT2D eigenvalue weighted by molar-refractivity contribution is 0.157. The fraction of sp³-hybridized carbons (Fsp3) is 0.467. The highest BCUT2D eigenvalue weighted by molar-refractivity contribution is 5.86. The summed E-state index contributed by atoms with van der Waals surface area (Å²) in [6, 6.07) is 6.55. The molecule has 1 rings (SSSR count). The Morgan fingerprint density at radius 1 is 1.19 bits per heavy atom. The van der Waals surface area contributed by atoms with Crippen LogP contribution in [-0.2, 0) is 0 Å². The minimum absolute atomic E-state index is 0.340. The van der Waals surface area contributed by atoms with E-state index in [1.165, 1.54) is 4.90 Å². The highest BCUT2D eigenvalue weighted by Crippen LogP contribution is 2.22. The van der Waals surface area contributed by atoms with Gasteiger partial charge in [-0.15, -0.1) is 0 Å². The van der Waals surface area contributed by atoms with Crippen molar-refractivity contribution in [3.63, 3.8) is 0 Å². The molecule has 1 aromatic rings. The highest BCUT2D eigenvalue weighted by Gasteiger charge is 2.16. The van der Waals surface area contributed by atoms with Gasteiger partial charge >= 0.3 is 12.2 Å². The van der Waals surface area contributed by atoms with Crippen molar-refractivity contribution in [2.75, 3.05) is 24.5 Å². The monoisotopic (exact) mass is 294 g/mol. The van der Waals surface area contributed by atoms with E-state index in [1.54, 1.807) is 29.2 Å². The van der Waals surface area contributed by atoms with Gasteiger partial charge in [0.1, 0.15) is 5.75 Å². The number of carbonyl (C=O) groups excluding carboxylic acids is 1. The first-order valence-corrected chi connectivity index (χ1v) is 7.10. The molecule has 0 aromatic heterocycles. The number of amides is 2. The zero-order chi connectivity index (χ0) is 15.8. The molecule has 21 heavy (non-hydrogen) atoms. The number of hydrogen-bond donors (Lipinski definition) is 1. The highest BCUT2D eigenvalue weighted by atomic mass is 16.6. The lowest BCUT2D eigenvalue weighted by atomic mass is 10.2. The van der Waals surface area contributed by atoms with E-state index in [4.69, 9.17) is 4.74 Å². The molecule has 0 aliphatic carbocycles. The van der Waals surface area contributed by atoms with E-state index >= 15 is 0 Å². The summed E-state index contributed by atoms with van der Waals surface area (Å²) in [5, 5.41) is 9.20. The molecule has 0 saturated heterocycles. The van der Waals surface area contributed by atoms with Crippen molar-refractivity contribution >= 4 is 17.9 Å². The number of ether oxygens (including phenoxy) is 1. The van der Waals surface area contributed by atoms with Crippen molar-refractivity contribution in [2.45, 2.75) is 27.2 Å². The summed E-state index contributed by atoms with van der Waals surface area (Å²) in [5.41, 5.74) is 0.495. The molecule has 0 radical (unpaired) electrons. The zero-order valence-corrected chi connectivity index (χ0v) is 12.7. The second-order valence-corrected chi connectivity index (χ2v) is 4.47. The van der Waals surface area contributed by atoms with Gasteiger partial charge in [0.25, 0.3) is 0 Å². The van der Waals surface area contributed by atoms with Gasteiger partial charge < -0.3 is 14.7 Å². The van der Waals surface area contributed by atoms with Gasteiger partial charge in [-0.1, -0.05) is 13.0 Å². The van der Waals surface area contributed by atoms with Gasteiger partial charge in [-0.25, -0.2) is 9.59 Å². The van der Waals surface area contributed by atoms with Crippen molar-refractivity contribution in [3.05, 3.63) is 24.3 Å². The average Bonchev–Trinajstić information content (AvgIpc) is 2.46. The smallest absolute Gasteiger partial charge is 0.415 e. The minimum Gasteiger partial charge on any atom is -0.465 e. The molecule has 0 heterocycles. The van der Waals surface area contributed by atoms with E-state index < -0.39 is 12.2 Å². The van der Waals surface area contributed by atoms with Crippen molar-refractivity contribution in [3.8, 4) is 5.75 Å². The molecular weight excluding hydrogens is 272 g/mol. The summed E-state index contributed by atoms with van der Waals surface area (Å²) in [7, 11) is 0. The van der Waals surface area contributed by atoms with E-state index in [0.717, 1.165) is 0 Å². The molecule has 0 bridgehead atoms. The maximum atomic E-state index is 11.9. The van der Waals surface area contributed by atoms with E-state index in [9.17, 15) is 14.7 Å². The van der Waals surface area contributed by atoms with E-state index in [2.05, 4.69) is 0 Å². The van der Waals surface area contributed by atoms with Crippen molar-refractivity contribution in [1.29, 1.82) is 0 Å². The van der Waals surface area contributed by atoms with Gasteiger partial charge in [0.05, 0.1) is 5.69 Å². The van der Waals surface area contributed by atoms with Crippen LogP contribution in [0.25, 0.3) is 0 Å². The number of carbonyl (C=O) groups is 2. The first kappa shape index (κ1) is 16.8. The third-order valence-corrected chi connectivity index (χ3v) is 3.03. The van der Waals surface area contributed by atoms with E-state index in [0.29, 0.717) is 37.5 Å². The van der Waals surface area contributed by atoms with E-state index in [-0.39, 0.29) is 0 Å². The molecule has 1 N–H and O–H groups in total. The Balaban J connectivity index is 2.89. The molecule has 0 spiro atoms. The third-order valence-electron chi connectivity index (χ3n) is 3.03. The van der Waals surface area contributed by atoms with Gasteiger partial charge in [0, 0.05) is 25.7 Å². The number of hydrogen-bond acceptors (Lipinski definition) is 3. The Kier molecular flexibility index (Phi) is 6.52. The van der Waals surface area contributed by atoms with Crippen LogP contribution in [0.3, 0.4) is 0 Å². The second kappa shape index (κ2) is 8.14. The molecule has 0 atom stereocenters. The number of carboxylic acid groups (broad SMARTS) is 1. The molecule has 6 heteroatoms. The standard InChI is InChI=1S/C15H22N2O4/c1-4-10-17(14(18)19)12-8-7-9-13(11-12)21-15(20)16(5-2)6-3/h7-9,11H,4-6,10H2,1-3H3,(H,18,19). The topological polar surface area (TPSA) is 70.1 Å². The van der Waals surface area contributed by atoms with Crippen molar-refractivity contribution in [1.82, 2.24) is 4.90 Å². The molecule has 2 amide bonds. The molecule has 0 aliphatic rings. The Hall–Kier alpha value is -2.24. The molecule has 116 valence electrons. The van der Waals surface area contributed by atoms with Gasteiger partial charge in [-0.2, -0.15) is 0 Å². The Bertz CT molecular complexity index is 486. The summed E-state index contributed by atoms with van der Waals surface area (Å²) in [5.74, 6) is 0.340. The average molecular weight is 294 g/mol. The maximum absolute atomic E-state index is 11.9. The van der Waals surface area contributed by atoms with Gasteiger partial charge in [-0.3, -0.25) is 4.90 Å². The SMILES string of the molecule is CCCN(C(=O)O)c1cccc(OC(=O)N(CC)CC)c1. The van der Waals surface area contributed by atoms with Crippen LogP contribution in [-0.4, -0.2) is 41.8 Å². The molecule has 0 aliphatic heterocycles. The predicted molar refractivity (Wildman–Crippen MR) is 81.0 cm³/mol. The quantitative estimate of drug-likeness (QED) is 0.872. The summed E-state index contributed by atoms with van der Waals surface area (Å²) in [6.07, 6.45) is -0.756. The van der Waals surface area contributed by atoms with Gasteiger partial charge in [0.15, 0.2) is 0 Å². The molecule has 0 unspecified atom stereocenters. The lowest BCUT2D eigenvalue weighted by Crippen LogP contribution is -2.33. The second-order valence-electron chi connectivity index (χ2n) is 4.47. The number of benzene rings is 1. The maximum Gasteiger partial charge on any atom is 0.415 e. The largest absolute Gasteiger partial charge is 0.465 e. The van der Waals surface area contributed by atoms with Crippen LogP contribution in [0, 0.1) is 0 Å². The van der Waals surface area contributed by atoms with Crippen molar-refractivity contribution in [2.24, 2.45) is 0 Å². The number of anilines is 1. The first-order valence-electron chi connectivity index (χ1n) is 7.10. The lowest BCUT2D eigenvalue weighted by Gasteiger charge is -2.20. The van der Waals surface area contributed by atoms with Crippen LogP contribution in [0.15, 0.2) is 24.3 Å². The van der Waals surface area contributed by atoms with Crippen LogP contribution < -0.4 is 9.64 Å². The van der Waals surface area contributed by atoms with Crippen LogP contribution in [0.1, 0.15) is 27.2 Å². The minimum atomic E-state index is -1.02.